The first-order valence-electron chi connectivity index (χ1n) is 19.4. The summed E-state index contributed by atoms with van der Waals surface area (Å²) in [5.74, 6) is 1.86. The summed E-state index contributed by atoms with van der Waals surface area (Å²) >= 11 is 3.95. The zero-order chi connectivity index (χ0) is 33.8. The number of aryl methyl sites for hydroxylation is 2. The van der Waals surface area contributed by atoms with Crippen LogP contribution in [0.4, 0.5) is 0 Å². The van der Waals surface area contributed by atoms with E-state index in [4.69, 9.17) is 9.47 Å². The number of hydrogen-bond donors (Lipinski definition) is 0. The van der Waals surface area contributed by atoms with Crippen LogP contribution in [0.1, 0.15) is 127 Å². The van der Waals surface area contributed by atoms with Crippen molar-refractivity contribution in [3.05, 3.63) is 95.5 Å². The fraction of sp³-hybridized carbons (Fsp3) is 0.571. The van der Waals surface area contributed by atoms with Crippen LogP contribution in [0, 0.1) is 0 Å². The van der Waals surface area contributed by atoms with E-state index in [0.29, 0.717) is 0 Å². The van der Waals surface area contributed by atoms with Gasteiger partial charge in [0.2, 0.25) is 12.7 Å². The molecule has 0 atom stereocenters. The Kier molecular flexibility index (Phi) is 16.6. The highest BCUT2D eigenvalue weighted by atomic mass is 79.9. The van der Waals surface area contributed by atoms with Gasteiger partial charge in [0.25, 0.3) is 0 Å². The Morgan fingerprint density at radius 2 is 0.878 bits per heavy atom. The minimum atomic E-state index is 0.791. The number of imidazole rings is 2. The van der Waals surface area contributed by atoms with Gasteiger partial charge >= 0.3 is 0 Å². The lowest BCUT2D eigenvalue weighted by Gasteiger charge is -2.10. The second-order valence-corrected chi connectivity index (χ2v) is 14.9. The van der Waals surface area contributed by atoms with Crippen LogP contribution in [-0.4, -0.2) is 22.3 Å². The molecule has 7 heteroatoms. The van der Waals surface area contributed by atoms with Crippen LogP contribution in [0.25, 0.3) is 0 Å². The molecule has 1 aliphatic rings. The van der Waals surface area contributed by atoms with Crippen LogP contribution in [0.5, 0.6) is 11.5 Å². The van der Waals surface area contributed by atoms with E-state index in [-0.39, 0.29) is 0 Å². The van der Waals surface area contributed by atoms with Gasteiger partial charge in [-0.1, -0.05) is 101 Å². The quantitative estimate of drug-likeness (QED) is 0.169. The third kappa shape index (κ3) is 14.0. The highest BCUT2D eigenvalue weighted by Crippen LogP contribution is 2.23. The first-order valence-corrected chi connectivity index (χ1v) is 20.2. The van der Waals surface area contributed by atoms with Gasteiger partial charge in [0.05, 0.1) is 26.3 Å². The van der Waals surface area contributed by atoms with Gasteiger partial charge in [-0.3, -0.25) is 0 Å². The maximum absolute atomic E-state index is 6.04. The van der Waals surface area contributed by atoms with Crippen LogP contribution in [0.2, 0.25) is 0 Å². The number of fused-ring (bicyclic) bond motifs is 8. The van der Waals surface area contributed by atoms with Crippen molar-refractivity contribution in [2.75, 3.05) is 13.2 Å². The van der Waals surface area contributed by atoms with E-state index in [1.165, 1.54) is 118 Å². The molecule has 2 aromatic heterocycles. The Balaban J connectivity index is 1.07. The lowest BCUT2D eigenvalue weighted by atomic mass is 10.1. The monoisotopic (exact) mass is 732 g/mol. The molecule has 0 saturated carbocycles. The topological polar surface area (TPSA) is 36.1 Å². The summed E-state index contributed by atoms with van der Waals surface area (Å²) in [6.07, 6.45) is 36.6. The highest BCUT2D eigenvalue weighted by Gasteiger charge is 2.13. The molecule has 2 aromatic carbocycles. The maximum atomic E-state index is 6.04. The predicted molar refractivity (Wildman–Crippen MR) is 202 cm³/mol. The number of rotatable bonds is 0. The van der Waals surface area contributed by atoms with Crippen LogP contribution in [-0.2, 0) is 26.2 Å². The third-order valence-electron chi connectivity index (χ3n) is 9.82. The van der Waals surface area contributed by atoms with Gasteiger partial charge in [0, 0.05) is 21.7 Å². The van der Waals surface area contributed by atoms with Crippen molar-refractivity contribution < 1.29 is 18.6 Å². The van der Waals surface area contributed by atoms with Crippen LogP contribution >= 0.6 is 15.9 Å². The Hall–Kier alpha value is -3.06. The van der Waals surface area contributed by atoms with Gasteiger partial charge in [0.1, 0.15) is 49.4 Å². The lowest BCUT2D eigenvalue weighted by Crippen LogP contribution is -2.33. The van der Waals surface area contributed by atoms with Crippen molar-refractivity contribution >= 4 is 15.9 Å². The number of aromatic nitrogens is 4. The number of hydrogen-bond acceptors (Lipinski definition) is 2. The van der Waals surface area contributed by atoms with E-state index in [1.807, 2.05) is 18.2 Å². The largest absolute Gasteiger partial charge is 0.493 e. The molecule has 0 N–H and O–H groups in total. The van der Waals surface area contributed by atoms with E-state index in [0.717, 1.165) is 63.7 Å². The van der Waals surface area contributed by atoms with Gasteiger partial charge in [0.15, 0.2) is 0 Å². The van der Waals surface area contributed by atoms with Crippen molar-refractivity contribution in [2.45, 2.75) is 142 Å². The van der Waals surface area contributed by atoms with E-state index < -0.39 is 0 Å². The predicted octanol–water partition coefficient (Wildman–Crippen LogP) is 10.2. The molecule has 1 aliphatic heterocycles. The smallest absolute Gasteiger partial charge is 0.244 e. The van der Waals surface area contributed by atoms with Gasteiger partial charge in [-0.2, -0.15) is 0 Å². The zero-order valence-electron chi connectivity index (χ0n) is 30.0. The molecule has 5 rings (SSSR count). The molecule has 6 nitrogen and oxygen atoms in total. The van der Waals surface area contributed by atoms with E-state index >= 15 is 0 Å². The average molecular weight is 734 g/mol. The van der Waals surface area contributed by atoms with Crippen LogP contribution in [0.15, 0.2) is 84.4 Å². The zero-order valence-corrected chi connectivity index (χ0v) is 31.5. The van der Waals surface area contributed by atoms with Gasteiger partial charge < -0.3 is 9.47 Å². The highest BCUT2D eigenvalue weighted by molar-refractivity contribution is 9.10. The standard InChI is InChI=1S/C42H61BrN4O2/c43-42-38-21-19-22-39(42)35-47-30-28-45(37-47)26-16-12-8-4-2-6-10-14-18-32-49-41-24-20-23-40(33-41)48-31-17-13-9-5-1-3-7-11-15-25-44-27-29-46(34-38)36-44/h19-24,27-30,33,36-37H,1-18,25-26,31-32,34-35H2/q+2. The molecule has 0 amide bonds. The fourth-order valence-corrected chi connectivity index (χ4v) is 7.42. The molecule has 0 saturated heterocycles. The average Bonchev–Trinajstić information content (AvgIpc) is 3.76. The van der Waals surface area contributed by atoms with Gasteiger partial charge in [-0.25, -0.2) is 18.3 Å². The van der Waals surface area contributed by atoms with Crippen molar-refractivity contribution in [3.63, 3.8) is 0 Å². The summed E-state index contributed by atoms with van der Waals surface area (Å²) in [6.45, 7) is 5.52. The molecule has 266 valence electrons. The first kappa shape index (κ1) is 37.2. The number of halogens is 1. The summed E-state index contributed by atoms with van der Waals surface area (Å²) in [5, 5.41) is 0. The number of nitrogens with zero attached hydrogens (tertiary/aromatic N) is 4. The Bertz CT molecular complexity index is 1380. The molecular formula is C42H61BrN4O2+2. The van der Waals surface area contributed by atoms with Crippen molar-refractivity contribution in [1.29, 1.82) is 0 Å². The molecule has 0 spiro atoms. The molecule has 3 heterocycles. The minimum absolute atomic E-state index is 0.791. The summed E-state index contributed by atoms with van der Waals surface area (Å²) < 4.78 is 22.6. The summed E-state index contributed by atoms with van der Waals surface area (Å²) in [6, 6.07) is 14.9. The molecule has 0 fully saturated rings. The Morgan fingerprint density at radius 1 is 0.490 bits per heavy atom. The second kappa shape index (κ2) is 21.9. The lowest BCUT2D eigenvalue weighted by molar-refractivity contribution is -0.689. The summed E-state index contributed by atoms with van der Waals surface area (Å²) in [4.78, 5) is 0. The van der Waals surface area contributed by atoms with Crippen LogP contribution in [0.3, 0.4) is 0 Å². The normalized spacial score (nSPS) is 17.9. The third-order valence-corrected chi connectivity index (χ3v) is 10.8. The molecule has 0 aliphatic carbocycles. The van der Waals surface area contributed by atoms with Crippen molar-refractivity contribution in [3.8, 4) is 11.5 Å². The van der Waals surface area contributed by atoms with Crippen molar-refractivity contribution in [1.82, 2.24) is 9.13 Å². The number of benzene rings is 2. The number of ether oxygens (including phenoxy) is 2. The fourth-order valence-electron chi connectivity index (χ4n) is 6.90. The molecule has 8 bridgehead atoms. The molecule has 49 heavy (non-hydrogen) atoms. The minimum Gasteiger partial charge on any atom is -0.493 e. The molecule has 0 unspecified atom stereocenters. The first-order chi connectivity index (χ1) is 24.2. The molecule has 4 aromatic rings. The van der Waals surface area contributed by atoms with Crippen LogP contribution < -0.4 is 18.6 Å². The second-order valence-electron chi connectivity index (χ2n) is 14.1. The molecular weight excluding hydrogens is 672 g/mol. The Morgan fingerprint density at radius 3 is 1.33 bits per heavy atom. The van der Waals surface area contributed by atoms with E-state index in [9.17, 15) is 0 Å². The van der Waals surface area contributed by atoms with E-state index in [1.54, 1.807) is 0 Å². The van der Waals surface area contributed by atoms with E-state index in [2.05, 4.69) is 95.9 Å². The summed E-state index contributed by atoms with van der Waals surface area (Å²) in [7, 11) is 0. The maximum Gasteiger partial charge on any atom is 0.244 e. The SMILES string of the molecule is Brc1c2cccc1C[n+]1ccn(c1)CCCCCCCCCCCOc1cccc(c1)OCCCCCCCCCCCn1cc[n+](c1)C2. The van der Waals surface area contributed by atoms with Gasteiger partial charge in [-0.15, -0.1) is 0 Å². The Labute approximate surface area is 304 Å². The molecule has 0 radical (unpaired) electrons. The van der Waals surface area contributed by atoms with Crippen molar-refractivity contribution in [2.24, 2.45) is 0 Å². The van der Waals surface area contributed by atoms with Gasteiger partial charge in [-0.05, 0) is 66.6 Å². The summed E-state index contributed by atoms with van der Waals surface area (Å²) in [5.41, 5.74) is 2.65.